The normalized spacial score (nSPS) is 20.1. The molecule has 1 unspecified atom stereocenters. The van der Waals surface area contributed by atoms with Gasteiger partial charge in [0.25, 0.3) is 5.91 Å². The van der Waals surface area contributed by atoms with Crippen molar-refractivity contribution >= 4 is 33.5 Å². The van der Waals surface area contributed by atoms with Crippen LogP contribution in [0, 0.1) is 12.8 Å². The van der Waals surface area contributed by atoms with E-state index in [-0.39, 0.29) is 29.8 Å². The Balaban J connectivity index is 1.60. The molecule has 1 N–H and O–H groups in total. The van der Waals surface area contributed by atoms with Crippen LogP contribution < -0.4 is 5.32 Å². The smallest absolute Gasteiger partial charge is 0.311 e. The number of hydrogen-bond acceptors (Lipinski definition) is 6. The lowest BCUT2D eigenvalue weighted by Crippen LogP contribution is -2.33. The number of rotatable bonds is 7. The summed E-state index contributed by atoms with van der Waals surface area (Å²) < 4.78 is 33.0. The molecule has 9 nitrogen and oxygen atoms in total. The minimum Gasteiger partial charge on any atom is -0.455 e. The molecular weight excluding hydrogens is 446 g/mol. The Hall–Kier alpha value is -2.46. The van der Waals surface area contributed by atoms with Crippen molar-refractivity contribution in [3.8, 4) is 0 Å². The Kier molecular flexibility index (Phi) is 8.12. The van der Waals surface area contributed by atoms with Crippen LogP contribution in [0.1, 0.15) is 51.5 Å². The van der Waals surface area contributed by atoms with Crippen LogP contribution in [0.5, 0.6) is 0 Å². The molecule has 2 amide bonds. The second-order valence-electron chi connectivity index (χ2n) is 9.00. The first-order chi connectivity index (χ1) is 15.6. The Morgan fingerprint density at radius 3 is 2.42 bits per heavy atom. The molecule has 3 rings (SSSR count). The van der Waals surface area contributed by atoms with Crippen molar-refractivity contribution in [1.29, 1.82) is 0 Å². The highest BCUT2D eigenvalue weighted by atomic mass is 32.2. The molecule has 2 fully saturated rings. The van der Waals surface area contributed by atoms with E-state index in [1.54, 1.807) is 24.0 Å². The highest BCUT2D eigenvalue weighted by molar-refractivity contribution is 7.89. The van der Waals surface area contributed by atoms with Gasteiger partial charge in [-0.05, 0) is 51.3 Å². The van der Waals surface area contributed by atoms with E-state index in [4.69, 9.17) is 4.74 Å². The second kappa shape index (κ2) is 10.6. The van der Waals surface area contributed by atoms with E-state index in [2.05, 4.69) is 5.32 Å². The van der Waals surface area contributed by atoms with Gasteiger partial charge in [-0.2, -0.15) is 4.31 Å². The summed E-state index contributed by atoms with van der Waals surface area (Å²) in [5.74, 6) is -1.85. The van der Waals surface area contributed by atoms with E-state index in [1.807, 2.05) is 13.8 Å². The molecule has 1 atom stereocenters. The Bertz CT molecular complexity index is 999. The molecule has 33 heavy (non-hydrogen) atoms. The summed E-state index contributed by atoms with van der Waals surface area (Å²) >= 11 is 0. The first-order valence-electron chi connectivity index (χ1n) is 11.5. The van der Waals surface area contributed by atoms with Gasteiger partial charge in [-0.25, -0.2) is 8.42 Å². The molecule has 0 bridgehead atoms. The number of nitrogens with zero attached hydrogens (tertiary/aromatic N) is 2. The molecule has 0 radical (unpaired) electrons. The van der Waals surface area contributed by atoms with Gasteiger partial charge in [-0.15, -0.1) is 0 Å². The minimum atomic E-state index is -3.67. The molecule has 0 aliphatic carbocycles. The summed E-state index contributed by atoms with van der Waals surface area (Å²) in [4.78, 5) is 38.4. The number of benzene rings is 1. The lowest BCUT2D eigenvalue weighted by Gasteiger charge is -2.21. The molecule has 2 heterocycles. The summed E-state index contributed by atoms with van der Waals surface area (Å²) in [6.07, 6.45) is 3.78. The number of amides is 2. The van der Waals surface area contributed by atoms with Crippen molar-refractivity contribution < 1.29 is 27.5 Å². The number of carbonyl (C=O) groups excluding carboxylic acids is 3. The fourth-order valence-corrected chi connectivity index (χ4v) is 5.98. The van der Waals surface area contributed by atoms with Crippen molar-refractivity contribution in [2.45, 2.75) is 63.8 Å². The predicted molar refractivity (Wildman–Crippen MR) is 123 cm³/mol. The predicted octanol–water partition coefficient (Wildman–Crippen LogP) is 2.30. The molecule has 0 saturated carbocycles. The third kappa shape index (κ3) is 6.11. The fourth-order valence-electron chi connectivity index (χ4n) is 4.22. The van der Waals surface area contributed by atoms with Crippen molar-refractivity contribution in [1.82, 2.24) is 9.21 Å². The number of likely N-dealkylation sites (tertiary alicyclic amines) is 1. The number of anilines is 1. The first-order valence-corrected chi connectivity index (χ1v) is 12.9. The molecule has 2 aliphatic rings. The molecule has 0 spiro atoms. The third-order valence-electron chi connectivity index (χ3n) is 6.12. The van der Waals surface area contributed by atoms with Crippen LogP contribution in [0.15, 0.2) is 23.1 Å². The summed E-state index contributed by atoms with van der Waals surface area (Å²) in [5.41, 5.74) is 0.918. The third-order valence-corrected chi connectivity index (χ3v) is 8.16. The SMILES string of the molecule is Cc1ccc(NC(=O)COC(=O)C2CC(=O)N(C(C)C)C2)cc1S(=O)(=O)N1CCCCCC1. The number of ether oxygens (including phenoxy) is 1. The summed E-state index contributed by atoms with van der Waals surface area (Å²) in [6, 6.07) is 4.72. The number of nitrogens with one attached hydrogen (secondary N) is 1. The number of esters is 1. The van der Waals surface area contributed by atoms with Crippen LogP contribution in [0.4, 0.5) is 5.69 Å². The zero-order chi connectivity index (χ0) is 24.2. The van der Waals surface area contributed by atoms with E-state index < -0.39 is 34.4 Å². The van der Waals surface area contributed by atoms with E-state index in [9.17, 15) is 22.8 Å². The van der Waals surface area contributed by atoms with E-state index in [0.717, 1.165) is 25.7 Å². The van der Waals surface area contributed by atoms with Crippen LogP contribution in [-0.4, -0.2) is 67.7 Å². The Morgan fingerprint density at radius 2 is 1.82 bits per heavy atom. The summed E-state index contributed by atoms with van der Waals surface area (Å²) in [6.45, 7) is 6.24. The quantitative estimate of drug-likeness (QED) is 0.601. The van der Waals surface area contributed by atoms with Gasteiger partial charge in [0.15, 0.2) is 6.61 Å². The van der Waals surface area contributed by atoms with Crippen LogP contribution in [0.25, 0.3) is 0 Å². The molecule has 0 aromatic heterocycles. The molecule has 2 saturated heterocycles. The van der Waals surface area contributed by atoms with Gasteiger partial charge in [0, 0.05) is 37.8 Å². The summed E-state index contributed by atoms with van der Waals surface area (Å²) in [7, 11) is -3.67. The maximum atomic E-state index is 13.2. The number of hydrogen-bond donors (Lipinski definition) is 1. The van der Waals surface area contributed by atoms with Crippen LogP contribution in [0.2, 0.25) is 0 Å². The van der Waals surface area contributed by atoms with Gasteiger partial charge in [0.2, 0.25) is 15.9 Å². The number of carbonyl (C=O) groups is 3. The van der Waals surface area contributed by atoms with Crippen molar-refractivity contribution in [2.75, 3.05) is 31.6 Å². The lowest BCUT2D eigenvalue weighted by atomic mass is 10.1. The Labute approximate surface area is 195 Å². The zero-order valence-electron chi connectivity index (χ0n) is 19.5. The first kappa shape index (κ1) is 25.2. The average Bonchev–Trinajstić information content (AvgIpc) is 2.97. The maximum absolute atomic E-state index is 13.2. The largest absolute Gasteiger partial charge is 0.455 e. The number of sulfonamides is 1. The molecular formula is C23H33N3O6S. The standard InChI is InChI=1S/C23H33N3O6S/c1-16(2)26-14-18(12-22(26)28)23(29)32-15-21(27)24-19-9-8-17(3)20(13-19)33(30,31)25-10-6-4-5-7-11-25/h8-9,13,16,18H,4-7,10-12,14-15H2,1-3H3,(H,24,27). The van der Waals surface area contributed by atoms with E-state index >= 15 is 0 Å². The second-order valence-corrected chi connectivity index (χ2v) is 10.9. The fraction of sp³-hybridized carbons (Fsp3) is 0.609. The van der Waals surface area contributed by atoms with E-state index in [1.165, 1.54) is 10.4 Å². The van der Waals surface area contributed by atoms with Crippen molar-refractivity contribution in [3.05, 3.63) is 23.8 Å². The topological polar surface area (TPSA) is 113 Å². The van der Waals surface area contributed by atoms with Crippen LogP contribution >= 0.6 is 0 Å². The molecule has 10 heteroatoms. The molecule has 1 aromatic carbocycles. The van der Waals surface area contributed by atoms with Gasteiger partial charge in [-0.3, -0.25) is 14.4 Å². The molecule has 1 aromatic rings. The molecule has 182 valence electrons. The number of aryl methyl sites for hydroxylation is 1. The van der Waals surface area contributed by atoms with Crippen molar-refractivity contribution in [2.24, 2.45) is 5.92 Å². The van der Waals surface area contributed by atoms with Gasteiger partial charge in [0.05, 0.1) is 10.8 Å². The average molecular weight is 480 g/mol. The maximum Gasteiger partial charge on any atom is 0.311 e. The summed E-state index contributed by atoms with van der Waals surface area (Å²) in [5, 5.41) is 2.60. The van der Waals surface area contributed by atoms with Gasteiger partial charge >= 0.3 is 5.97 Å². The van der Waals surface area contributed by atoms with Crippen LogP contribution in [0.3, 0.4) is 0 Å². The zero-order valence-corrected chi connectivity index (χ0v) is 20.3. The van der Waals surface area contributed by atoms with Gasteiger partial charge < -0.3 is 15.0 Å². The highest BCUT2D eigenvalue weighted by Gasteiger charge is 2.36. The Morgan fingerprint density at radius 1 is 1.15 bits per heavy atom. The lowest BCUT2D eigenvalue weighted by molar-refractivity contribution is -0.151. The van der Waals surface area contributed by atoms with Gasteiger partial charge in [0.1, 0.15) is 0 Å². The molecule has 2 aliphatic heterocycles. The van der Waals surface area contributed by atoms with Crippen molar-refractivity contribution in [3.63, 3.8) is 0 Å². The monoisotopic (exact) mass is 479 g/mol. The van der Waals surface area contributed by atoms with E-state index in [0.29, 0.717) is 24.3 Å². The minimum absolute atomic E-state index is 0.0000701. The van der Waals surface area contributed by atoms with Gasteiger partial charge in [-0.1, -0.05) is 18.9 Å². The van der Waals surface area contributed by atoms with Crippen LogP contribution in [-0.2, 0) is 29.1 Å². The highest BCUT2D eigenvalue weighted by Crippen LogP contribution is 2.26.